The van der Waals surface area contributed by atoms with E-state index < -0.39 is 5.97 Å². The molecule has 0 spiro atoms. The van der Waals surface area contributed by atoms with E-state index in [1.54, 1.807) is 30.3 Å². The van der Waals surface area contributed by atoms with Crippen LogP contribution in [0.15, 0.2) is 107 Å². The fraction of sp³-hybridized carbons (Fsp3) is 0.0385. The average Bonchev–Trinajstić information content (AvgIpc) is 3.40. The number of rotatable bonds is 8. The van der Waals surface area contributed by atoms with Crippen molar-refractivity contribution in [3.05, 3.63) is 109 Å². The number of hydrazone groups is 1. The summed E-state index contributed by atoms with van der Waals surface area (Å²) in [5, 5.41) is 3.91. The van der Waals surface area contributed by atoms with Crippen LogP contribution in [0.1, 0.15) is 16.1 Å². The molecule has 0 saturated carbocycles. The van der Waals surface area contributed by atoms with E-state index in [1.807, 2.05) is 54.6 Å². The highest BCUT2D eigenvalue weighted by Gasteiger charge is 2.11. The molecular weight excluding hydrogens is 420 g/mol. The third-order valence-electron chi connectivity index (χ3n) is 4.55. The Morgan fingerprint density at radius 2 is 1.52 bits per heavy atom. The summed E-state index contributed by atoms with van der Waals surface area (Å²) in [5.41, 5.74) is 5.30. The second-order valence-corrected chi connectivity index (χ2v) is 6.91. The fourth-order valence-corrected chi connectivity index (χ4v) is 2.91. The van der Waals surface area contributed by atoms with Gasteiger partial charge in [-0.2, -0.15) is 5.10 Å². The highest BCUT2D eigenvalue weighted by molar-refractivity contribution is 5.88. The predicted molar refractivity (Wildman–Crippen MR) is 123 cm³/mol. The smallest absolute Gasteiger partial charge is 0.379 e. The van der Waals surface area contributed by atoms with Crippen LogP contribution in [0.25, 0.3) is 11.1 Å². The van der Waals surface area contributed by atoms with Gasteiger partial charge in [-0.1, -0.05) is 42.5 Å². The summed E-state index contributed by atoms with van der Waals surface area (Å²) in [6, 6.07) is 27.3. The van der Waals surface area contributed by atoms with Crippen LogP contribution in [-0.4, -0.2) is 24.7 Å². The normalized spacial score (nSPS) is 10.7. The summed E-state index contributed by atoms with van der Waals surface area (Å²) in [4.78, 5) is 23.8. The number of hydrogen-bond acceptors (Lipinski definition) is 6. The van der Waals surface area contributed by atoms with Gasteiger partial charge in [-0.25, -0.2) is 10.2 Å². The van der Waals surface area contributed by atoms with Gasteiger partial charge in [-0.15, -0.1) is 0 Å². The molecule has 0 atom stereocenters. The molecule has 0 aliphatic carbocycles. The van der Waals surface area contributed by atoms with E-state index in [0.29, 0.717) is 17.1 Å². The van der Waals surface area contributed by atoms with E-state index >= 15 is 0 Å². The van der Waals surface area contributed by atoms with Gasteiger partial charge in [0, 0.05) is 0 Å². The second-order valence-electron chi connectivity index (χ2n) is 6.91. The number of furan rings is 1. The van der Waals surface area contributed by atoms with Gasteiger partial charge >= 0.3 is 5.97 Å². The van der Waals surface area contributed by atoms with Gasteiger partial charge in [0.05, 0.1) is 12.5 Å². The van der Waals surface area contributed by atoms with Crippen molar-refractivity contribution in [3.63, 3.8) is 0 Å². The second kappa shape index (κ2) is 10.6. The zero-order valence-corrected chi connectivity index (χ0v) is 17.5. The SMILES string of the molecule is O=C(COc1ccc(-c2ccccc2)cc1)N/N=C\c1ccc(OC(=O)c2ccco2)cc1. The van der Waals surface area contributed by atoms with E-state index in [9.17, 15) is 9.59 Å². The van der Waals surface area contributed by atoms with E-state index in [4.69, 9.17) is 13.9 Å². The Morgan fingerprint density at radius 1 is 0.818 bits per heavy atom. The van der Waals surface area contributed by atoms with Crippen LogP contribution in [-0.2, 0) is 4.79 Å². The third-order valence-corrected chi connectivity index (χ3v) is 4.55. The molecule has 3 aromatic carbocycles. The Morgan fingerprint density at radius 3 is 2.21 bits per heavy atom. The van der Waals surface area contributed by atoms with Crippen LogP contribution in [0.2, 0.25) is 0 Å². The van der Waals surface area contributed by atoms with Crippen molar-refractivity contribution in [1.82, 2.24) is 5.43 Å². The molecule has 7 heteroatoms. The van der Waals surface area contributed by atoms with Gasteiger partial charge in [0.2, 0.25) is 5.76 Å². The van der Waals surface area contributed by atoms with E-state index in [1.165, 1.54) is 18.5 Å². The largest absolute Gasteiger partial charge is 0.484 e. The molecule has 1 N–H and O–H groups in total. The Bertz CT molecular complexity index is 1220. The van der Waals surface area contributed by atoms with Crippen LogP contribution < -0.4 is 14.9 Å². The van der Waals surface area contributed by atoms with Gasteiger partial charge in [0.25, 0.3) is 5.91 Å². The molecule has 0 radical (unpaired) electrons. The van der Waals surface area contributed by atoms with E-state index in [-0.39, 0.29) is 18.3 Å². The number of nitrogens with one attached hydrogen (secondary N) is 1. The number of esters is 1. The van der Waals surface area contributed by atoms with Crippen molar-refractivity contribution in [2.75, 3.05) is 6.61 Å². The van der Waals surface area contributed by atoms with Crippen molar-refractivity contribution in [2.24, 2.45) is 5.10 Å². The van der Waals surface area contributed by atoms with Gasteiger partial charge in [-0.05, 0) is 65.2 Å². The first-order chi connectivity index (χ1) is 16.2. The highest BCUT2D eigenvalue weighted by atomic mass is 16.5. The minimum atomic E-state index is -0.580. The maximum atomic E-state index is 12.0. The summed E-state index contributed by atoms with van der Waals surface area (Å²) < 4.78 is 15.7. The van der Waals surface area contributed by atoms with Crippen molar-refractivity contribution in [2.45, 2.75) is 0 Å². The number of carbonyl (C=O) groups is 2. The van der Waals surface area contributed by atoms with Crippen LogP contribution in [0, 0.1) is 0 Å². The standard InChI is InChI=1S/C26H20N2O5/c29-25(18-32-22-14-10-21(11-15-22)20-5-2-1-3-6-20)28-27-17-19-8-12-23(13-9-19)33-26(30)24-7-4-16-31-24/h1-17H,18H2,(H,28,29)/b27-17-. The summed E-state index contributed by atoms with van der Waals surface area (Å²) in [6.07, 6.45) is 2.88. The van der Waals surface area contributed by atoms with Crippen LogP contribution in [0.3, 0.4) is 0 Å². The number of amides is 1. The molecule has 4 aromatic rings. The van der Waals surface area contributed by atoms with Gasteiger partial charge in [0.1, 0.15) is 11.5 Å². The molecular formula is C26H20N2O5. The maximum absolute atomic E-state index is 12.0. The number of carbonyl (C=O) groups excluding carboxylic acids is 2. The molecule has 1 aromatic heterocycles. The summed E-state index contributed by atoms with van der Waals surface area (Å²) in [6.45, 7) is -0.163. The molecule has 0 saturated heterocycles. The van der Waals surface area contributed by atoms with Crippen molar-refractivity contribution in [1.29, 1.82) is 0 Å². The number of benzene rings is 3. The molecule has 0 fully saturated rings. The zero-order chi connectivity index (χ0) is 22.9. The third kappa shape index (κ3) is 6.18. The lowest BCUT2D eigenvalue weighted by atomic mass is 10.1. The summed E-state index contributed by atoms with van der Waals surface area (Å²) in [7, 11) is 0. The Kier molecular flexibility index (Phi) is 6.92. The first kappa shape index (κ1) is 21.6. The van der Waals surface area contributed by atoms with Crippen LogP contribution in [0.5, 0.6) is 11.5 Å². The van der Waals surface area contributed by atoms with E-state index in [2.05, 4.69) is 10.5 Å². The molecule has 0 bridgehead atoms. The lowest BCUT2D eigenvalue weighted by Gasteiger charge is -2.06. The number of ether oxygens (including phenoxy) is 2. The van der Waals surface area contributed by atoms with Crippen molar-refractivity contribution < 1.29 is 23.5 Å². The topological polar surface area (TPSA) is 90.1 Å². The van der Waals surface area contributed by atoms with Crippen LogP contribution in [0.4, 0.5) is 0 Å². The molecule has 4 rings (SSSR count). The van der Waals surface area contributed by atoms with Gasteiger partial charge in [0.15, 0.2) is 6.61 Å². The van der Waals surface area contributed by atoms with Crippen molar-refractivity contribution >= 4 is 18.1 Å². The molecule has 0 unspecified atom stereocenters. The molecule has 1 heterocycles. The Labute approximate surface area is 190 Å². The Hall–Kier alpha value is -4.65. The van der Waals surface area contributed by atoms with Crippen molar-refractivity contribution in [3.8, 4) is 22.6 Å². The number of nitrogens with zero attached hydrogens (tertiary/aromatic N) is 1. The quantitative estimate of drug-likeness (QED) is 0.186. The Balaban J connectivity index is 1.21. The average molecular weight is 440 g/mol. The maximum Gasteiger partial charge on any atom is 0.379 e. The monoisotopic (exact) mass is 440 g/mol. The highest BCUT2D eigenvalue weighted by Crippen LogP contribution is 2.22. The van der Waals surface area contributed by atoms with Gasteiger partial charge < -0.3 is 13.9 Å². The predicted octanol–water partition coefficient (Wildman–Crippen LogP) is 4.69. The van der Waals surface area contributed by atoms with Crippen LogP contribution >= 0.6 is 0 Å². The first-order valence-corrected chi connectivity index (χ1v) is 10.1. The molecule has 1 amide bonds. The molecule has 0 aliphatic rings. The minimum absolute atomic E-state index is 0.123. The number of hydrogen-bond donors (Lipinski definition) is 1. The fourth-order valence-electron chi connectivity index (χ4n) is 2.91. The summed E-state index contributed by atoms with van der Waals surface area (Å²) >= 11 is 0. The van der Waals surface area contributed by atoms with E-state index in [0.717, 1.165) is 11.1 Å². The molecule has 33 heavy (non-hydrogen) atoms. The molecule has 0 aliphatic heterocycles. The molecule has 164 valence electrons. The lowest BCUT2D eigenvalue weighted by molar-refractivity contribution is -0.123. The minimum Gasteiger partial charge on any atom is -0.484 e. The first-order valence-electron chi connectivity index (χ1n) is 10.1. The van der Waals surface area contributed by atoms with Gasteiger partial charge in [-0.3, -0.25) is 4.79 Å². The molecule has 7 nitrogen and oxygen atoms in total. The summed E-state index contributed by atoms with van der Waals surface area (Å²) in [5.74, 6) is 0.112. The zero-order valence-electron chi connectivity index (χ0n) is 17.5. The lowest BCUT2D eigenvalue weighted by Crippen LogP contribution is -2.24.